The molecule has 1 aliphatic heterocycles. The molecule has 5 nitrogen and oxygen atoms in total. The summed E-state index contributed by atoms with van der Waals surface area (Å²) in [5, 5.41) is 3.11. The predicted molar refractivity (Wildman–Crippen MR) is 79.0 cm³/mol. The van der Waals surface area contributed by atoms with E-state index in [1.54, 1.807) is 6.26 Å². The third-order valence-electron chi connectivity index (χ3n) is 4.60. The molecule has 1 aromatic heterocycles. The zero-order valence-corrected chi connectivity index (χ0v) is 12.8. The van der Waals surface area contributed by atoms with Crippen LogP contribution in [0.5, 0.6) is 0 Å². The van der Waals surface area contributed by atoms with Crippen LogP contribution >= 0.6 is 0 Å². The average molecular weight is 292 g/mol. The fraction of sp³-hybridized carbons (Fsp3) is 0.688. The maximum absolute atomic E-state index is 12.2. The molecule has 3 rings (SSSR count). The highest BCUT2D eigenvalue weighted by molar-refractivity contribution is 5.82. The van der Waals surface area contributed by atoms with E-state index in [1.807, 2.05) is 12.1 Å². The van der Waals surface area contributed by atoms with Crippen molar-refractivity contribution in [2.75, 3.05) is 32.8 Å². The van der Waals surface area contributed by atoms with Crippen LogP contribution in [0.25, 0.3) is 0 Å². The van der Waals surface area contributed by atoms with Gasteiger partial charge in [0.15, 0.2) is 0 Å². The second-order valence-electron chi connectivity index (χ2n) is 6.59. The highest BCUT2D eigenvalue weighted by atomic mass is 16.5. The molecule has 2 atom stereocenters. The molecule has 1 N–H and O–H groups in total. The van der Waals surface area contributed by atoms with Crippen LogP contribution in [0.15, 0.2) is 22.8 Å². The normalized spacial score (nSPS) is 26.6. The summed E-state index contributed by atoms with van der Waals surface area (Å²) in [6.45, 7) is 8.45. The molecule has 2 fully saturated rings. The van der Waals surface area contributed by atoms with E-state index in [1.165, 1.54) is 0 Å². The molecule has 21 heavy (non-hydrogen) atoms. The predicted octanol–water partition coefficient (Wildman–Crippen LogP) is 1.61. The molecule has 2 aliphatic rings. The summed E-state index contributed by atoms with van der Waals surface area (Å²) in [4.78, 5) is 14.6. The fourth-order valence-corrected chi connectivity index (χ4v) is 3.02. The van der Waals surface area contributed by atoms with E-state index in [0.717, 1.165) is 38.5 Å². The molecular weight excluding hydrogens is 268 g/mol. The Hall–Kier alpha value is -1.33. The summed E-state index contributed by atoms with van der Waals surface area (Å²) in [5.74, 6) is 1.43. The Bertz CT molecular complexity index is 478. The number of nitrogens with one attached hydrogen (secondary N) is 1. The summed E-state index contributed by atoms with van der Waals surface area (Å²) in [6, 6.07) is 3.83. The maximum atomic E-state index is 12.2. The Kier molecular flexibility index (Phi) is 4.04. The van der Waals surface area contributed by atoms with Crippen LogP contribution in [-0.2, 0) is 9.53 Å². The quantitative estimate of drug-likeness (QED) is 0.896. The summed E-state index contributed by atoms with van der Waals surface area (Å²) >= 11 is 0. The Labute approximate surface area is 125 Å². The van der Waals surface area contributed by atoms with Crippen LogP contribution in [0, 0.1) is 5.92 Å². The summed E-state index contributed by atoms with van der Waals surface area (Å²) in [5.41, 5.74) is -0.0332. The van der Waals surface area contributed by atoms with Crippen LogP contribution in [0.1, 0.15) is 31.9 Å². The zero-order chi connectivity index (χ0) is 14.9. The van der Waals surface area contributed by atoms with Crippen LogP contribution in [0.3, 0.4) is 0 Å². The first-order valence-electron chi connectivity index (χ1n) is 7.72. The smallest absolute Gasteiger partial charge is 0.223 e. The number of rotatable bonds is 5. The molecule has 2 heterocycles. The molecular formula is C16H24N2O3. The lowest BCUT2D eigenvalue weighted by Crippen LogP contribution is -2.55. The van der Waals surface area contributed by atoms with E-state index >= 15 is 0 Å². The molecule has 0 bridgehead atoms. The molecule has 5 heteroatoms. The third-order valence-corrected chi connectivity index (χ3v) is 4.60. The largest absolute Gasteiger partial charge is 0.469 e. The Morgan fingerprint density at radius 2 is 2.19 bits per heavy atom. The molecule has 1 aliphatic carbocycles. The first-order chi connectivity index (χ1) is 10.1. The first kappa shape index (κ1) is 14.6. The molecule has 0 aromatic carbocycles. The molecule has 0 spiro atoms. The summed E-state index contributed by atoms with van der Waals surface area (Å²) < 4.78 is 10.8. The van der Waals surface area contributed by atoms with Crippen LogP contribution < -0.4 is 5.32 Å². The molecule has 1 saturated carbocycles. The van der Waals surface area contributed by atoms with Gasteiger partial charge in [0.1, 0.15) is 5.76 Å². The Balaban J connectivity index is 1.47. The van der Waals surface area contributed by atoms with Gasteiger partial charge in [-0.3, -0.25) is 9.69 Å². The first-order valence-corrected chi connectivity index (χ1v) is 7.72. The molecule has 1 amide bonds. The van der Waals surface area contributed by atoms with Gasteiger partial charge in [0.25, 0.3) is 0 Å². The lowest BCUT2D eigenvalue weighted by molar-refractivity contribution is -0.123. The van der Waals surface area contributed by atoms with Crippen molar-refractivity contribution in [2.24, 2.45) is 5.92 Å². The number of nitrogens with zero attached hydrogens (tertiary/aromatic N) is 1. The lowest BCUT2D eigenvalue weighted by Gasteiger charge is -2.40. The van der Waals surface area contributed by atoms with Gasteiger partial charge in [0.2, 0.25) is 5.91 Å². The Morgan fingerprint density at radius 1 is 1.43 bits per heavy atom. The van der Waals surface area contributed by atoms with Gasteiger partial charge >= 0.3 is 0 Å². The molecule has 0 radical (unpaired) electrons. The minimum atomic E-state index is -0.0332. The zero-order valence-electron chi connectivity index (χ0n) is 12.8. The topological polar surface area (TPSA) is 54.7 Å². The van der Waals surface area contributed by atoms with Crippen molar-refractivity contribution in [3.05, 3.63) is 24.2 Å². The maximum Gasteiger partial charge on any atom is 0.223 e. The van der Waals surface area contributed by atoms with Gasteiger partial charge in [-0.2, -0.15) is 0 Å². The van der Waals surface area contributed by atoms with Crippen LogP contribution in [-0.4, -0.2) is 49.2 Å². The van der Waals surface area contributed by atoms with Gasteiger partial charge in [-0.05, 0) is 32.4 Å². The van der Waals surface area contributed by atoms with E-state index in [9.17, 15) is 4.79 Å². The van der Waals surface area contributed by atoms with Gasteiger partial charge in [0.05, 0.1) is 19.5 Å². The molecule has 116 valence electrons. The number of ether oxygens (including phenoxy) is 1. The van der Waals surface area contributed by atoms with E-state index in [2.05, 4.69) is 24.1 Å². The minimum absolute atomic E-state index is 0.0332. The van der Waals surface area contributed by atoms with Crippen molar-refractivity contribution in [1.82, 2.24) is 10.2 Å². The molecule has 2 unspecified atom stereocenters. The van der Waals surface area contributed by atoms with E-state index in [0.29, 0.717) is 6.54 Å². The molecule has 1 saturated heterocycles. The Morgan fingerprint density at radius 3 is 2.86 bits per heavy atom. The number of amides is 1. The lowest BCUT2D eigenvalue weighted by atomic mass is 10.0. The van der Waals surface area contributed by atoms with Crippen molar-refractivity contribution in [3.8, 4) is 0 Å². The van der Waals surface area contributed by atoms with Crippen molar-refractivity contribution in [3.63, 3.8) is 0 Å². The van der Waals surface area contributed by atoms with Gasteiger partial charge in [0, 0.05) is 37.0 Å². The van der Waals surface area contributed by atoms with Crippen molar-refractivity contribution >= 4 is 5.91 Å². The van der Waals surface area contributed by atoms with Crippen LogP contribution in [0.4, 0.5) is 0 Å². The fourth-order valence-electron chi connectivity index (χ4n) is 3.02. The number of morpholine rings is 1. The van der Waals surface area contributed by atoms with Crippen molar-refractivity contribution in [1.29, 1.82) is 0 Å². The number of hydrogen-bond donors (Lipinski definition) is 1. The van der Waals surface area contributed by atoms with E-state index < -0.39 is 0 Å². The SMILES string of the molecule is CC(C)(CNC(=O)C1CC1c1ccco1)N1CCOCC1. The number of hydrogen-bond acceptors (Lipinski definition) is 4. The minimum Gasteiger partial charge on any atom is -0.469 e. The average Bonchev–Trinajstić information content (AvgIpc) is 3.11. The second kappa shape index (κ2) is 5.81. The van der Waals surface area contributed by atoms with Gasteiger partial charge in [-0.15, -0.1) is 0 Å². The van der Waals surface area contributed by atoms with Gasteiger partial charge in [-0.1, -0.05) is 0 Å². The van der Waals surface area contributed by atoms with Crippen LogP contribution in [0.2, 0.25) is 0 Å². The standard InChI is InChI=1S/C16H24N2O3/c1-16(2,18-5-8-20-9-6-18)11-17-15(19)13-10-12(13)14-4-3-7-21-14/h3-4,7,12-13H,5-6,8-11H2,1-2H3,(H,17,19). The van der Waals surface area contributed by atoms with Gasteiger partial charge in [-0.25, -0.2) is 0 Å². The van der Waals surface area contributed by atoms with Crippen molar-refractivity contribution in [2.45, 2.75) is 31.7 Å². The van der Waals surface area contributed by atoms with E-state index in [-0.39, 0.29) is 23.3 Å². The highest BCUT2D eigenvalue weighted by Crippen LogP contribution is 2.47. The number of carbonyl (C=O) groups is 1. The summed E-state index contributed by atoms with van der Waals surface area (Å²) in [6.07, 6.45) is 2.57. The monoisotopic (exact) mass is 292 g/mol. The highest BCUT2D eigenvalue weighted by Gasteiger charge is 2.46. The van der Waals surface area contributed by atoms with Gasteiger partial charge < -0.3 is 14.5 Å². The number of furan rings is 1. The second-order valence-corrected chi connectivity index (χ2v) is 6.59. The van der Waals surface area contributed by atoms with E-state index in [4.69, 9.17) is 9.15 Å². The number of carbonyl (C=O) groups excluding carboxylic acids is 1. The van der Waals surface area contributed by atoms with Crippen molar-refractivity contribution < 1.29 is 13.9 Å². The third kappa shape index (κ3) is 3.30. The molecule has 1 aromatic rings. The summed E-state index contributed by atoms with van der Waals surface area (Å²) in [7, 11) is 0.